The van der Waals surface area contributed by atoms with Gasteiger partial charge in [-0.1, -0.05) is 41.4 Å². The van der Waals surface area contributed by atoms with Gasteiger partial charge in [0.15, 0.2) is 5.65 Å². The van der Waals surface area contributed by atoms with E-state index in [1.807, 2.05) is 13.8 Å². The fourth-order valence-corrected chi connectivity index (χ4v) is 2.72. The predicted molar refractivity (Wildman–Crippen MR) is 77.9 cm³/mol. The maximum absolute atomic E-state index is 13.9. The Kier molecular flexibility index (Phi) is 3.15. The van der Waals surface area contributed by atoms with E-state index in [1.54, 1.807) is 18.2 Å². The minimum atomic E-state index is -0.405. The van der Waals surface area contributed by atoms with Gasteiger partial charge in [-0.05, 0) is 19.9 Å². The molecule has 0 spiro atoms. The number of hydrogen-bond acceptors (Lipinski definition) is 2. The zero-order valence-electron chi connectivity index (χ0n) is 10.8. The molecule has 102 valence electrons. The van der Waals surface area contributed by atoms with Gasteiger partial charge in [-0.25, -0.2) is 13.9 Å². The normalized spacial score (nSPS) is 11.2. The van der Waals surface area contributed by atoms with E-state index in [0.29, 0.717) is 16.8 Å². The lowest BCUT2D eigenvalue weighted by Crippen LogP contribution is -1.98. The summed E-state index contributed by atoms with van der Waals surface area (Å²) in [5.41, 5.74) is 2.94. The molecular formula is C14H10Cl2FN3. The molecule has 0 aliphatic carbocycles. The molecule has 6 heteroatoms. The topological polar surface area (TPSA) is 30.2 Å². The van der Waals surface area contributed by atoms with Crippen LogP contribution in [0.5, 0.6) is 0 Å². The van der Waals surface area contributed by atoms with Crippen LogP contribution in [-0.4, -0.2) is 14.6 Å². The molecule has 0 saturated carbocycles. The summed E-state index contributed by atoms with van der Waals surface area (Å²) in [4.78, 5) is 4.29. The molecule has 0 bridgehead atoms. The Hall–Kier alpha value is -1.65. The Labute approximate surface area is 125 Å². The largest absolute Gasteiger partial charge is 0.216 e. The number of rotatable bonds is 1. The van der Waals surface area contributed by atoms with Crippen molar-refractivity contribution in [1.82, 2.24) is 14.6 Å². The highest BCUT2D eigenvalue weighted by Crippen LogP contribution is 2.36. The van der Waals surface area contributed by atoms with E-state index in [0.717, 1.165) is 11.3 Å². The molecule has 0 radical (unpaired) electrons. The molecule has 0 aliphatic rings. The molecular weight excluding hydrogens is 300 g/mol. The maximum Gasteiger partial charge on any atom is 0.161 e. The van der Waals surface area contributed by atoms with Crippen molar-refractivity contribution in [2.24, 2.45) is 0 Å². The van der Waals surface area contributed by atoms with Crippen LogP contribution in [0.1, 0.15) is 11.3 Å². The van der Waals surface area contributed by atoms with Crippen molar-refractivity contribution in [2.75, 3.05) is 0 Å². The first-order valence-corrected chi connectivity index (χ1v) is 6.72. The van der Waals surface area contributed by atoms with Crippen molar-refractivity contribution < 1.29 is 4.39 Å². The average molecular weight is 310 g/mol. The molecule has 0 saturated heterocycles. The van der Waals surface area contributed by atoms with E-state index in [1.165, 1.54) is 10.6 Å². The Balaban J connectivity index is 2.41. The summed E-state index contributed by atoms with van der Waals surface area (Å²) in [6.07, 6.45) is 0. The Morgan fingerprint density at radius 1 is 1.15 bits per heavy atom. The van der Waals surface area contributed by atoms with Crippen molar-refractivity contribution in [1.29, 1.82) is 0 Å². The minimum absolute atomic E-state index is 0.163. The molecule has 2 heterocycles. The van der Waals surface area contributed by atoms with E-state index in [-0.39, 0.29) is 10.3 Å². The average Bonchev–Trinajstić information content (AvgIpc) is 2.69. The lowest BCUT2D eigenvalue weighted by Gasteiger charge is -2.09. The number of fused-ring (bicyclic) bond motifs is 1. The van der Waals surface area contributed by atoms with Crippen LogP contribution in [0, 0.1) is 19.7 Å². The summed E-state index contributed by atoms with van der Waals surface area (Å²) in [5.74, 6) is -0.405. The zero-order valence-corrected chi connectivity index (χ0v) is 12.3. The van der Waals surface area contributed by atoms with Gasteiger partial charge in [0.1, 0.15) is 16.1 Å². The number of aryl methyl sites for hydroxylation is 2. The standard InChI is InChI=1S/C14H10Cl2FN3/c1-7-8(2)19-20-13(16)11(12(15)18-14(7)20)9-5-3-4-6-10(9)17/h3-6H,1-2H3. The number of halogens is 3. The van der Waals surface area contributed by atoms with Gasteiger partial charge in [-0.3, -0.25) is 0 Å². The van der Waals surface area contributed by atoms with Crippen molar-refractivity contribution in [2.45, 2.75) is 13.8 Å². The Morgan fingerprint density at radius 2 is 1.85 bits per heavy atom. The Bertz CT molecular complexity index is 827. The molecule has 3 nitrogen and oxygen atoms in total. The third-order valence-electron chi connectivity index (χ3n) is 3.27. The number of aromatic nitrogens is 3. The predicted octanol–water partition coefficient (Wildman–Crippen LogP) is 4.46. The summed E-state index contributed by atoms with van der Waals surface area (Å²) < 4.78 is 15.4. The Morgan fingerprint density at radius 3 is 2.55 bits per heavy atom. The third kappa shape index (κ3) is 1.87. The zero-order chi connectivity index (χ0) is 14.4. The van der Waals surface area contributed by atoms with Gasteiger partial charge >= 0.3 is 0 Å². The highest BCUT2D eigenvalue weighted by atomic mass is 35.5. The summed E-state index contributed by atoms with van der Waals surface area (Å²) in [6, 6.07) is 6.29. The van der Waals surface area contributed by atoms with Crippen LogP contribution in [0.25, 0.3) is 16.8 Å². The van der Waals surface area contributed by atoms with Crippen LogP contribution in [0.2, 0.25) is 10.3 Å². The van der Waals surface area contributed by atoms with E-state index in [9.17, 15) is 4.39 Å². The fraction of sp³-hybridized carbons (Fsp3) is 0.143. The second-order valence-electron chi connectivity index (χ2n) is 4.49. The molecule has 20 heavy (non-hydrogen) atoms. The third-order valence-corrected chi connectivity index (χ3v) is 3.90. The van der Waals surface area contributed by atoms with Crippen molar-refractivity contribution in [3.8, 4) is 11.1 Å². The summed E-state index contributed by atoms with van der Waals surface area (Å²) >= 11 is 12.5. The van der Waals surface area contributed by atoms with Gasteiger partial charge in [0.05, 0.1) is 11.3 Å². The van der Waals surface area contributed by atoms with Crippen molar-refractivity contribution >= 4 is 28.8 Å². The molecule has 0 unspecified atom stereocenters. The van der Waals surface area contributed by atoms with Gasteiger partial charge in [-0.15, -0.1) is 0 Å². The molecule has 3 aromatic rings. The van der Waals surface area contributed by atoms with E-state index >= 15 is 0 Å². The molecule has 0 aliphatic heterocycles. The molecule has 0 amide bonds. The molecule has 0 atom stereocenters. The van der Waals surface area contributed by atoms with Crippen LogP contribution in [0.15, 0.2) is 24.3 Å². The summed E-state index contributed by atoms with van der Waals surface area (Å²) in [6.45, 7) is 3.75. The molecule has 0 N–H and O–H groups in total. The SMILES string of the molecule is Cc1nn2c(Cl)c(-c3ccccc3F)c(Cl)nc2c1C. The lowest BCUT2D eigenvalue weighted by molar-refractivity contribution is 0.631. The summed E-state index contributed by atoms with van der Waals surface area (Å²) in [5, 5.41) is 4.72. The highest BCUT2D eigenvalue weighted by Gasteiger charge is 2.19. The fourth-order valence-electron chi connectivity index (χ4n) is 2.09. The van der Waals surface area contributed by atoms with Crippen LogP contribution < -0.4 is 0 Å². The smallest absolute Gasteiger partial charge is 0.161 e. The van der Waals surface area contributed by atoms with Gasteiger partial charge in [-0.2, -0.15) is 5.10 Å². The number of nitrogens with zero attached hydrogens (tertiary/aromatic N) is 3. The first kappa shape index (κ1) is 13.3. The van der Waals surface area contributed by atoms with Gasteiger partial charge in [0.2, 0.25) is 0 Å². The van der Waals surface area contributed by atoms with Gasteiger partial charge in [0, 0.05) is 11.1 Å². The quantitative estimate of drug-likeness (QED) is 0.621. The van der Waals surface area contributed by atoms with Crippen LogP contribution in [-0.2, 0) is 0 Å². The van der Waals surface area contributed by atoms with E-state index in [2.05, 4.69) is 10.1 Å². The monoisotopic (exact) mass is 309 g/mol. The molecule has 0 fully saturated rings. The second-order valence-corrected chi connectivity index (χ2v) is 5.21. The first-order chi connectivity index (χ1) is 9.50. The number of hydrogen-bond donors (Lipinski definition) is 0. The number of benzene rings is 1. The van der Waals surface area contributed by atoms with E-state index < -0.39 is 5.82 Å². The van der Waals surface area contributed by atoms with Crippen LogP contribution in [0.3, 0.4) is 0 Å². The summed E-state index contributed by atoms with van der Waals surface area (Å²) in [7, 11) is 0. The van der Waals surface area contributed by atoms with Gasteiger partial charge in [0.25, 0.3) is 0 Å². The van der Waals surface area contributed by atoms with Crippen LogP contribution >= 0.6 is 23.2 Å². The van der Waals surface area contributed by atoms with Crippen molar-refractivity contribution in [3.05, 3.63) is 51.6 Å². The molecule has 3 rings (SSSR count). The maximum atomic E-state index is 13.9. The highest BCUT2D eigenvalue weighted by molar-refractivity contribution is 6.38. The van der Waals surface area contributed by atoms with Crippen LogP contribution in [0.4, 0.5) is 4.39 Å². The second kappa shape index (κ2) is 4.72. The minimum Gasteiger partial charge on any atom is -0.216 e. The lowest BCUT2D eigenvalue weighted by atomic mass is 10.1. The van der Waals surface area contributed by atoms with Crippen molar-refractivity contribution in [3.63, 3.8) is 0 Å². The first-order valence-electron chi connectivity index (χ1n) is 5.96. The molecule has 1 aromatic carbocycles. The van der Waals surface area contributed by atoms with E-state index in [4.69, 9.17) is 23.2 Å². The van der Waals surface area contributed by atoms with Gasteiger partial charge < -0.3 is 0 Å². The molecule has 2 aromatic heterocycles.